The predicted molar refractivity (Wildman–Crippen MR) is 166 cm³/mol. The molecule has 4 amide bonds. The number of nitrogens with zero attached hydrogens (tertiary/aromatic N) is 5. The molecule has 2 saturated heterocycles. The first kappa shape index (κ1) is 28.5. The number of hydrogen-bond donors (Lipinski definition) is 2. The monoisotopic (exact) mass is 595 g/mol. The summed E-state index contributed by atoms with van der Waals surface area (Å²) < 4.78 is 0.944. The second-order valence-corrected chi connectivity index (χ2v) is 11.9. The Labute approximate surface area is 254 Å². The maximum atomic E-state index is 14.1. The maximum absolute atomic E-state index is 14.1. The number of carbonyl (C=O) groups excluding carboxylic acids is 3. The van der Waals surface area contributed by atoms with E-state index in [1.807, 2.05) is 60.7 Å². The van der Waals surface area contributed by atoms with Crippen molar-refractivity contribution in [2.45, 2.75) is 31.6 Å². The standard InChI is InChI=1S/C32H33N7O3S/c1-2-16-37(32(42)34-18-23-12-7-4-8-13-23)38-21-28(40)39-25(17-22-10-5-3-6-11-22)30(41)36(20-27(38)39)19-24-14-9-15-26-29(24)35-31(33)43-26/h1,3-12,14-15,23,25,27H,13,16-21H2,(H2,33,35)(H,34,42)/t23?,25-,27+/m0/s1. The van der Waals surface area contributed by atoms with Crippen molar-refractivity contribution < 1.29 is 14.4 Å². The van der Waals surface area contributed by atoms with Gasteiger partial charge in [-0.3, -0.25) is 9.59 Å². The summed E-state index contributed by atoms with van der Waals surface area (Å²) in [7, 11) is 0. The van der Waals surface area contributed by atoms with Crippen LogP contribution in [0.15, 0.2) is 72.8 Å². The number of terminal acetylenes is 1. The predicted octanol–water partition coefficient (Wildman–Crippen LogP) is 2.99. The van der Waals surface area contributed by atoms with Crippen LogP contribution in [0.25, 0.3) is 10.2 Å². The molecule has 1 aromatic heterocycles. The summed E-state index contributed by atoms with van der Waals surface area (Å²) >= 11 is 1.40. The number of para-hydroxylation sites is 1. The van der Waals surface area contributed by atoms with E-state index in [0.717, 1.165) is 27.8 Å². The molecule has 1 aliphatic carbocycles. The van der Waals surface area contributed by atoms with Gasteiger partial charge in [-0.05, 0) is 29.5 Å². The normalized spacial score (nSPS) is 21.7. The number of thiazole rings is 1. The second kappa shape index (κ2) is 12.3. The molecular weight excluding hydrogens is 562 g/mol. The Morgan fingerprint density at radius 2 is 2.00 bits per heavy atom. The molecule has 3 aromatic rings. The number of piperazine rings is 1. The van der Waals surface area contributed by atoms with Crippen molar-refractivity contribution >= 4 is 44.5 Å². The van der Waals surface area contributed by atoms with E-state index >= 15 is 0 Å². The first-order valence-corrected chi connectivity index (χ1v) is 15.1. The number of nitrogen functional groups attached to an aromatic ring is 1. The number of rotatable bonds is 8. The molecule has 3 atom stereocenters. The third kappa shape index (κ3) is 5.84. The zero-order chi connectivity index (χ0) is 29.9. The van der Waals surface area contributed by atoms with Crippen molar-refractivity contribution in [3.05, 3.63) is 84.0 Å². The Hall–Kier alpha value is -4.66. The first-order chi connectivity index (χ1) is 20.9. The molecule has 2 aromatic carbocycles. The molecule has 2 fully saturated rings. The van der Waals surface area contributed by atoms with Gasteiger partial charge in [0.2, 0.25) is 11.8 Å². The molecule has 11 heteroatoms. The Kier molecular flexibility index (Phi) is 8.13. The van der Waals surface area contributed by atoms with Gasteiger partial charge in [0.05, 0.1) is 29.9 Å². The van der Waals surface area contributed by atoms with E-state index in [1.54, 1.807) is 14.8 Å². The lowest BCUT2D eigenvalue weighted by Crippen LogP contribution is -2.66. The number of urea groups is 1. The zero-order valence-electron chi connectivity index (χ0n) is 23.6. The molecule has 3 aliphatic rings. The summed E-state index contributed by atoms with van der Waals surface area (Å²) in [6.45, 7) is 0.865. The third-order valence-electron chi connectivity index (χ3n) is 8.09. The van der Waals surface area contributed by atoms with E-state index in [2.05, 4.69) is 28.4 Å². The minimum absolute atomic E-state index is 0.0153. The number of fused-ring (bicyclic) bond motifs is 2. The maximum Gasteiger partial charge on any atom is 0.332 e. The first-order valence-electron chi connectivity index (χ1n) is 14.3. The average molecular weight is 596 g/mol. The molecule has 3 N–H and O–H groups in total. The fraction of sp³-hybridized carbons (Fsp3) is 0.312. The van der Waals surface area contributed by atoms with Gasteiger partial charge >= 0.3 is 6.03 Å². The van der Waals surface area contributed by atoms with Gasteiger partial charge in [0.25, 0.3) is 0 Å². The highest BCUT2D eigenvalue weighted by Gasteiger charge is 2.52. The van der Waals surface area contributed by atoms with Gasteiger partial charge in [0, 0.05) is 19.5 Å². The van der Waals surface area contributed by atoms with E-state index in [9.17, 15) is 14.4 Å². The minimum atomic E-state index is -0.742. The van der Waals surface area contributed by atoms with Crippen molar-refractivity contribution in [2.75, 3.05) is 31.9 Å². The fourth-order valence-corrected chi connectivity index (χ4v) is 6.82. The summed E-state index contributed by atoms with van der Waals surface area (Å²) in [4.78, 5) is 49.1. The van der Waals surface area contributed by atoms with E-state index in [4.69, 9.17) is 12.2 Å². The number of nitrogens with one attached hydrogen (secondary N) is 1. The Morgan fingerprint density at radius 3 is 2.77 bits per heavy atom. The lowest BCUT2D eigenvalue weighted by Gasteiger charge is -2.46. The van der Waals surface area contributed by atoms with Crippen LogP contribution in [0, 0.1) is 18.3 Å². The smallest absolute Gasteiger partial charge is 0.332 e. The number of anilines is 1. The highest BCUT2D eigenvalue weighted by atomic mass is 32.1. The van der Waals surface area contributed by atoms with Crippen LogP contribution in [0.5, 0.6) is 0 Å². The van der Waals surface area contributed by atoms with Crippen LogP contribution in [0.4, 0.5) is 9.93 Å². The van der Waals surface area contributed by atoms with Crippen LogP contribution in [0.3, 0.4) is 0 Å². The number of carbonyl (C=O) groups is 3. The van der Waals surface area contributed by atoms with E-state index < -0.39 is 12.2 Å². The van der Waals surface area contributed by atoms with Crippen molar-refractivity contribution in [3.8, 4) is 12.3 Å². The van der Waals surface area contributed by atoms with Gasteiger partial charge < -0.3 is 20.9 Å². The van der Waals surface area contributed by atoms with E-state index in [1.165, 1.54) is 16.3 Å². The topological polar surface area (TPSA) is 115 Å². The van der Waals surface area contributed by atoms with Gasteiger partial charge in [0.15, 0.2) is 5.13 Å². The lowest BCUT2D eigenvalue weighted by atomic mass is 10.00. The molecular formula is C32H33N7O3S. The van der Waals surface area contributed by atoms with Crippen LogP contribution in [-0.4, -0.2) is 81.0 Å². The number of aromatic nitrogens is 1. The quantitative estimate of drug-likeness (QED) is 0.387. The van der Waals surface area contributed by atoms with Gasteiger partial charge in [-0.1, -0.05) is 84.0 Å². The molecule has 3 heterocycles. The van der Waals surface area contributed by atoms with Gasteiger partial charge in [-0.2, -0.15) is 5.01 Å². The average Bonchev–Trinajstić information content (AvgIpc) is 3.56. The number of benzene rings is 2. The number of amides is 4. The largest absolute Gasteiger partial charge is 0.375 e. The van der Waals surface area contributed by atoms with Crippen LogP contribution < -0.4 is 11.1 Å². The summed E-state index contributed by atoms with van der Waals surface area (Å²) in [5.74, 6) is 2.38. The van der Waals surface area contributed by atoms with Crippen LogP contribution in [-0.2, 0) is 22.6 Å². The molecule has 2 aliphatic heterocycles. The van der Waals surface area contributed by atoms with Gasteiger partial charge in [-0.25, -0.2) is 14.8 Å². The molecule has 10 nitrogen and oxygen atoms in total. The number of nitrogens with two attached hydrogens (primary N) is 1. The molecule has 0 bridgehead atoms. The molecule has 0 radical (unpaired) electrons. The summed E-state index contributed by atoms with van der Waals surface area (Å²) in [6.07, 6.45) is 14.4. The lowest BCUT2D eigenvalue weighted by molar-refractivity contribution is -0.157. The minimum Gasteiger partial charge on any atom is -0.375 e. The SMILES string of the molecule is C#CCN(C(=O)NCC1C=CC=CC1)N1CC(=O)N2[C@@H](Cc3ccccc3)C(=O)N(Cc3cccc4sc(N)nc34)C[C@@H]21. The van der Waals surface area contributed by atoms with Crippen molar-refractivity contribution in [2.24, 2.45) is 5.92 Å². The Bertz CT molecular complexity index is 1630. The van der Waals surface area contributed by atoms with E-state index in [-0.39, 0.29) is 43.4 Å². The van der Waals surface area contributed by atoms with Gasteiger partial charge in [-0.15, -0.1) is 6.42 Å². The zero-order valence-corrected chi connectivity index (χ0v) is 24.5. The van der Waals surface area contributed by atoms with Crippen LogP contribution >= 0.6 is 11.3 Å². The molecule has 0 spiro atoms. The van der Waals surface area contributed by atoms with E-state index in [0.29, 0.717) is 24.6 Å². The molecule has 1 unspecified atom stereocenters. The molecule has 43 heavy (non-hydrogen) atoms. The van der Waals surface area contributed by atoms with Crippen molar-refractivity contribution in [3.63, 3.8) is 0 Å². The molecule has 0 saturated carbocycles. The summed E-state index contributed by atoms with van der Waals surface area (Å²) in [5.41, 5.74) is 8.58. The Morgan fingerprint density at radius 1 is 1.16 bits per heavy atom. The number of allylic oxidation sites excluding steroid dienone is 3. The third-order valence-corrected chi connectivity index (χ3v) is 8.94. The van der Waals surface area contributed by atoms with Crippen LogP contribution in [0.1, 0.15) is 17.5 Å². The summed E-state index contributed by atoms with van der Waals surface area (Å²) in [5, 5.41) is 6.60. The van der Waals surface area contributed by atoms with Gasteiger partial charge in [0.1, 0.15) is 12.2 Å². The van der Waals surface area contributed by atoms with Crippen molar-refractivity contribution in [1.82, 2.24) is 30.1 Å². The summed E-state index contributed by atoms with van der Waals surface area (Å²) in [6, 6.07) is 14.4. The van der Waals surface area contributed by atoms with Crippen LogP contribution in [0.2, 0.25) is 0 Å². The second-order valence-electron chi connectivity index (χ2n) is 10.9. The highest BCUT2D eigenvalue weighted by Crippen LogP contribution is 2.32. The molecule has 220 valence electrons. The number of hydrogen-bond acceptors (Lipinski definition) is 7. The highest BCUT2D eigenvalue weighted by molar-refractivity contribution is 7.22. The Balaban J connectivity index is 1.30. The molecule has 6 rings (SSSR count). The number of hydrazine groups is 1. The fourth-order valence-electron chi connectivity index (χ4n) is 6.04. The van der Waals surface area contributed by atoms with Crippen molar-refractivity contribution in [1.29, 1.82) is 0 Å².